The van der Waals surface area contributed by atoms with E-state index in [9.17, 15) is 0 Å². The van der Waals surface area contributed by atoms with Gasteiger partial charge in [-0.3, -0.25) is 0 Å². The normalized spacial score (nSPS) is 23.0. The van der Waals surface area contributed by atoms with Gasteiger partial charge in [-0.1, -0.05) is 24.3 Å². The summed E-state index contributed by atoms with van der Waals surface area (Å²) in [7, 11) is -0.334. The summed E-state index contributed by atoms with van der Waals surface area (Å²) < 4.78 is 14.7. The molecule has 4 rings (SSSR count). The molecule has 1 aromatic heterocycles. The van der Waals surface area contributed by atoms with Crippen molar-refractivity contribution in [2.45, 2.75) is 51.9 Å². The van der Waals surface area contributed by atoms with Crippen LogP contribution in [0.3, 0.4) is 0 Å². The molecule has 3 heterocycles. The lowest BCUT2D eigenvalue weighted by Crippen LogP contribution is -2.41. The predicted molar refractivity (Wildman–Crippen MR) is 97.7 cm³/mol. The Morgan fingerprint density at radius 1 is 1.00 bits per heavy atom. The van der Waals surface area contributed by atoms with Crippen molar-refractivity contribution in [2.75, 3.05) is 0 Å². The Labute approximate surface area is 144 Å². The van der Waals surface area contributed by atoms with Crippen molar-refractivity contribution in [3.05, 3.63) is 65.4 Å². The van der Waals surface area contributed by atoms with E-state index >= 15 is 0 Å². The Balaban J connectivity index is 1.81. The zero-order chi connectivity index (χ0) is 16.9. The minimum Gasteiger partial charge on any atom is -0.400 e. The molecule has 0 radical (unpaired) electrons. The van der Waals surface area contributed by atoms with Gasteiger partial charge in [0.15, 0.2) is 0 Å². The topological polar surface area (TPSA) is 23.4 Å². The van der Waals surface area contributed by atoms with Gasteiger partial charge in [-0.25, -0.2) is 0 Å². The highest BCUT2D eigenvalue weighted by Crippen LogP contribution is 2.39. The first-order valence-corrected chi connectivity index (χ1v) is 8.69. The average molecular weight is 321 g/mol. The van der Waals surface area contributed by atoms with Crippen LogP contribution < -0.4 is 0 Å². The molecule has 4 heteroatoms. The Bertz CT molecular complexity index is 787. The van der Waals surface area contributed by atoms with Gasteiger partial charge in [-0.2, -0.15) is 0 Å². The fourth-order valence-electron chi connectivity index (χ4n) is 3.50. The summed E-state index contributed by atoms with van der Waals surface area (Å²) in [6, 6.07) is 12.9. The predicted octanol–water partition coefficient (Wildman–Crippen LogP) is 4.11. The van der Waals surface area contributed by atoms with Crippen LogP contribution in [0.25, 0.3) is 5.57 Å². The molecular formula is C20H24BNO2. The van der Waals surface area contributed by atoms with Crippen LogP contribution in [0, 0.1) is 0 Å². The lowest BCUT2D eigenvalue weighted by Gasteiger charge is -2.32. The number of fused-ring (bicyclic) bond motifs is 2. The number of hydrogen-bond acceptors (Lipinski definition) is 2. The van der Waals surface area contributed by atoms with Crippen LogP contribution >= 0.6 is 0 Å². The van der Waals surface area contributed by atoms with Gasteiger partial charge in [0.25, 0.3) is 0 Å². The third-order valence-corrected chi connectivity index (χ3v) is 5.61. The second-order valence-electron chi connectivity index (χ2n) is 7.70. The van der Waals surface area contributed by atoms with Gasteiger partial charge < -0.3 is 13.9 Å². The van der Waals surface area contributed by atoms with E-state index in [1.165, 1.54) is 22.4 Å². The van der Waals surface area contributed by atoms with E-state index in [4.69, 9.17) is 9.31 Å². The van der Waals surface area contributed by atoms with Crippen LogP contribution in [0.5, 0.6) is 0 Å². The summed E-state index contributed by atoms with van der Waals surface area (Å²) in [5, 5.41) is 0. The van der Waals surface area contributed by atoms with Gasteiger partial charge in [0.1, 0.15) is 0 Å². The molecule has 0 spiro atoms. The first-order chi connectivity index (χ1) is 11.4. The summed E-state index contributed by atoms with van der Waals surface area (Å²) >= 11 is 0. The summed E-state index contributed by atoms with van der Waals surface area (Å²) in [6.07, 6.45) is 3.19. The van der Waals surface area contributed by atoms with Crippen molar-refractivity contribution in [3.8, 4) is 0 Å². The SMILES string of the molecule is CC1(C)OB(/C=C2/c3ccccc3CCn3cccc32)OC1(C)C. The average Bonchev–Trinajstić information content (AvgIpc) is 3.01. The number of nitrogens with zero attached hydrogens (tertiary/aromatic N) is 1. The Kier molecular flexibility index (Phi) is 3.52. The summed E-state index contributed by atoms with van der Waals surface area (Å²) in [4.78, 5) is 0. The first kappa shape index (κ1) is 15.7. The molecule has 2 aromatic rings. The van der Waals surface area contributed by atoms with Gasteiger partial charge in [0.05, 0.1) is 11.2 Å². The fraction of sp³-hybridized carbons (Fsp3) is 0.400. The van der Waals surface area contributed by atoms with E-state index < -0.39 is 0 Å². The molecule has 3 nitrogen and oxygen atoms in total. The van der Waals surface area contributed by atoms with Crippen LogP contribution in [0.15, 0.2) is 48.6 Å². The van der Waals surface area contributed by atoms with E-state index in [-0.39, 0.29) is 18.3 Å². The van der Waals surface area contributed by atoms with E-state index in [0.29, 0.717) is 0 Å². The van der Waals surface area contributed by atoms with Crippen LogP contribution in [0.2, 0.25) is 0 Å². The molecule has 0 amide bonds. The molecule has 2 aliphatic heterocycles. The van der Waals surface area contributed by atoms with Gasteiger partial charge in [-0.15, -0.1) is 0 Å². The zero-order valence-electron chi connectivity index (χ0n) is 14.9. The van der Waals surface area contributed by atoms with Crippen molar-refractivity contribution in [1.82, 2.24) is 4.57 Å². The molecule has 0 saturated carbocycles. The minimum absolute atomic E-state index is 0.318. The van der Waals surface area contributed by atoms with Gasteiger partial charge >= 0.3 is 7.12 Å². The highest BCUT2D eigenvalue weighted by Gasteiger charge is 2.50. The lowest BCUT2D eigenvalue weighted by molar-refractivity contribution is 0.00578. The summed E-state index contributed by atoms with van der Waals surface area (Å²) in [5.74, 6) is 2.15. The van der Waals surface area contributed by atoms with E-state index in [1.807, 2.05) is 0 Å². The zero-order valence-corrected chi connectivity index (χ0v) is 14.9. The van der Waals surface area contributed by atoms with Gasteiger partial charge in [0.2, 0.25) is 0 Å². The summed E-state index contributed by atoms with van der Waals surface area (Å²) in [5.41, 5.74) is 4.46. The molecule has 0 unspecified atom stereocenters. The molecule has 0 atom stereocenters. The third kappa shape index (κ3) is 2.45. The Morgan fingerprint density at radius 2 is 1.71 bits per heavy atom. The Morgan fingerprint density at radius 3 is 2.46 bits per heavy atom. The largest absolute Gasteiger partial charge is 0.487 e. The van der Waals surface area contributed by atoms with E-state index in [1.54, 1.807) is 0 Å². The molecular weight excluding hydrogens is 297 g/mol. The van der Waals surface area contributed by atoms with E-state index in [2.05, 4.69) is 80.8 Å². The van der Waals surface area contributed by atoms with E-state index in [0.717, 1.165) is 13.0 Å². The van der Waals surface area contributed by atoms with Crippen LogP contribution in [0.1, 0.15) is 44.5 Å². The van der Waals surface area contributed by atoms with Crippen molar-refractivity contribution in [3.63, 3.8) is 0 Å². The van der Waals surface area contributed by atoms with Crippen molar-refractivity contribution in [1.29, 1.82) is 0 Å². The summed E-state index contributed by atoms with van der Waals surface area (Å²) in [6.45, 7) is 9.37. The highest BCUT2D eigenvalue weighted by atomic mass is 16.7. The number of aromatic nitrogens is 1. The van der Waals surface area contributed by atoms with Crippen molar-refractivity contribution < 1.29 is 9.31 Å². The molecule has 1 aromatic carbocycles. The fourth-order valence-corrected chi connectivity index (χ4v) is 3.50. The maximum Gasteiger partial charge on any atom is 0.487 e. The number of hydrogen-bond donors (Lipinski definition) is 0. The van der Waals surface area contributed by atoms with Crippen LogP contribution in [-0.2, 0) is 22.3 Å². The molecule has 1 saturated heterocycles. The van der Waals surface area contributed by atoms with Crippen LogP contribution in [0.4, 0.5) is 0 Å². The number of aryl methyl sites for hydroxylation is 2. The maximum absolute atomic E-state index is 6.21. The molecule has 24 heavy (non-hydrogen) atoms. The molecule has 0 aliphatic carbocycles. The standard InChI is InChI=1S/C20H24BNO2/c1-19(2)20(3,4)24-21(23-19)14-17-16-9-6-5-8-15(16)11-13-22-12-7-10-18(17)22/h5-10,12,14H,11,13H2,1-4H3/b17-14-. The van der Waals surface area contributed by atoms with Crippen LogP contribution in [-0.4, -0.2) is 22.9 Å². The van der Waals surface area contributed by atoms with Crippen molar-refractivity contribution >= 4 is 12.7 Å². The molecule has 0 N–H and O–H groups in total. The third-order valence-electron chi connectivity index (χ3n) is 5.61. The highest BCUT2D eigenvalue weighted by molar-refractivity contribution is 6.53. The molecule has 0 bridgehead atoms. The number of benzene rings is 1. The second-order valence-corrected chi connectivity index (χ2v) is 7.70. The maximum atomic E-state index is 6.21. The molecule has 124 valence electrons. The lowest BCUT2D eigenvalue weighted by atomic mass is 9.83. The molecule has 1 fully saturated rings. The quantitative estimate of drug-likeness (QED) is 0.738. The second kappa shape index (κ2) is 5.37. The molecule has 2 aliphatic rings. The monoisotopic (exact) mass is 321 g/mol. The Hall–Kier alpha value is -1.78. The first-order valence-electron chi connectivity index (χ1n) is 8.69. The van der Waals surface area contributed by atoms with Crippen molar-refractivity contribution in [2.24, 2.45) is 0 Å². The van der Waals surface area contributed by atoms with Gasteiger partial charge in [-0.05, 0) is 68.9 Å². The number of rotatable bonds is 1. The smallest absolute Gasteiger partial charge is 0.400 e. The van der Waals surface area contributed by atoms with Gasteiger partial charge in [0, 0.05) is 18.4 Å². The minimum atomic E-state index is -0.334.